The molecule has 21 heavy (non-hydrogen) atoms. The molecule has 1 aromatic heterocycles. The lowest BCUT2D eigenvalue weighted by molar-refractivity contribution is -0.115. The average Bonchev–Trinajstić information content (AvgIpc) is 2.87. The van der Waals surface area contributed by atoms with Crippen LogP contribution >= 0.6 is 0 Å². The number of anilines is 2. The van der Waals surface area contributed by atoms with Gasteiger partial charge in [0.2, 0.25) is 5.91 Å². The van der Waals surface area contributed by atoms with Crippen LogP contribution in [0.25, 0.3) is 0 Å². The van der Waals surface area contributed by atoms with Crippen molar-refractivity contribution in [2.75, 3.05) is 23.3 Å². The van der Waals surface area contributed by atoms with Crippen molar-refractivity contribution in [2.45, 2.75) is 27.2 Å². The van der Waals surface area contributed by atoms with Crippen LogP contribution in [0.5, 0.6) is 0 Å². The lowest BCUT2D eigenvalue weighted by Gasteiger charge is -2.21. The molecule has 1 N–H and O–H groups in total. The Kier molecular flexibility index (Phi) is 4.98. The van der Waals surface area contributed by atoms with Gasteiger partial charge in [0.05, 0.1) is 12.1 Å². The molecule has 0 aliphatic carbocycles. The van der Waals surface area contributed by atoms with Crippen LogP contribution in [-0.2, 0) is 11.2 Å². The quantitative estimate of drug-likeness (QED) is 0.887. The fraction of sp³-hybridized carbons (Fsp3) is 0.375. The van der Waals surface area contributed by atoms with Crippen LogP contribution in [0.1, 0.15) is 25.3 Å². The highest BCUT2D eigenvalue weighted by Gasteiger charge is 2.08. The number of carbonyl (C=O) groups excluding carboxylic acids is 1. The Balaban J connectivity index is 1.95. The zero-order chi connectivity index (χ0) is 15.2. The second-order valence-electron chi connectivity index (χ2n) is 4.87. The van der Waals surface area contributed by atoms with Gasteiger partial charge in [0.15, 0.2) is 0 Å². The first-order valence-corrected chi connectivity index (χ1v) is 7.19. The van der Waals surface area contributed by atoms with Crippen LogP contribution in [0.2, 0.25) is 0 Å². The summed E-state index contributed by atoms with van der Waals surface area (Å²) < 4.78 is 4.95. The molecule has 0 atom stereocenters. The van der Waals surface area contributed by atoms with Gasteiger partial charge in [-0.3, -0.25) is 4.79 Å². The van der Waals surface area contributed by atoms with Crippen molar-refractivity contribution in [3.8, 4) is 0 Å². The van der Waals surface area contributed by atoms with E-state index in [1.165, 1.54) is 0 Å². The minimum absolute atomic E-state index is 0.0983. The number of aryl methyl sites for hydroxylation is 1. The third-order valence-electron chi connectivity index (χ3n) is 3.30. The minimum atomic E-state index is -0.0983. The number of nitrogens with one attached hydrogen (secondary N) is 1. The van der Waals surface area contributed by atoms with Crippen LogP contribution in [0.3, 0.4) is 0 Å². The van der Waals surface area contributed by atoms with Crippen molar-refractivity contribution in [1.82, 2.24) is 5.16 Å². The number of rotatable bonds is 6. The Morgan fingerprint density at radius 2 is 1.90 bits per heavy atom. The molecule has 5 heteroatoms. The number of aromatic nitrogens is 1. The van der Waals surface area contributed by atoms with E-state index >= 15 is 0 Å². The maximum absolute atomic E-state index is 11.9. The molecule has 2 aromatic rings. The van der Waals surface area contributed by atoms with E-state index in [-0.39, 0.29) is 12.3 Å². The lowest BCUT2D eigenvalue weighted by Crippen LogP contribution is -2.21. The molecule has 0 spiro atoms. The number of nitrogens with zero attached hydrogens (tertiary/aromatic N) is 2. The number of hydrogen-bond donors (Lipinski definition) is 1. The molecule has 0 aliphatic heterocycles. The van der Waals surface area contributed by atoms with E-state index in [1.54, 1.807) is 13.0 Å². The molecule has 112 valence electrons. The molecule has 0 saturated heterocycles. The van der Waals surface area contributed by atoms with Gasteiger partial charge in [0.25, 0.3) is 0 Å². The molecular formula is C16H21N3O2. The van der Waals surface area contributed by atoms with E-state index in [9.17, 15) is 4.79 Å². The van der Waals surface area contributed by atoms with Gasteiger partial charge < -0.3 is 14.7 Å². The van der Waals surface area contributed by atoms with Crippen molar-refractivity contribution >= 4 is 17.3 Å². The topological polar surface area (TPSA) is 58.4 Å². The molecule has 1 aromatic carbocycles. The van der Waals surface area contributed by atoms with Crippen molar-refractivity contribution in [3.05, 3.63) is 41.8 Å². The fourth-order valence-corrected chi connectivity index (χ4v) is 2.22. The van der Waals surface area contributed by atoms with Gasteiger partial charge in [-0.15, -0.1) is 0 Å². The van der Waals surface area contributed by atoms with Crippen molar-refractivity contribution in [3.63, 3.8) is 0 Å². The van der Waals surface area contributed by atoms with Crippen LogP contribution < -0.4 is 10.2 Å². The molecule has 0 radical (unpaired) electrons. The Labute approximate surface area is 124 Å². The highest BCUT2D eigenvalue weighted by atomic mass is 16.5. The van der Waals surface area contributed by atoms with E-state index < -0.39 is 0 Å². The lowest BCUT2D eigenvalue weighted by atomic mass is 10.2. The third-order valence-corrected chi connectivity index (χ3v) is 3.30. The molecule has 1 amide bonds. The van der Waals surface area contributed by atoms with Crippen molar-refractivity contribution in [2.24, 2.45) is 0 Å². The number of benzene rings is 1. The molecule has 0 fully saturated rings. The largest absolute Gasteiger partial charge is 0.372 e. The average molecular weight is 287 g/mol. The number of carbonyl (C=O) groups is 1. The molecule has 0 aliphatic rings. The molecule has 2 rings (SSSR count). The third kappa shape index (κ3) is 4.08. The Bertz CT molecular complexity index is 586. The van der Waals surface area contributed by atoms with Crippen LogP contribution in [-0.4, -0.2) is 24.2 Å². The first kappa shape index (κ1) is 15.1. The highest BCUT2D eigenvalue weighted by molar-refractivity contribution is 5.92. The zero-order valence-corrected chi connectivity index (χ0v) is 12.7. The summed E-state index contributed by atoms with van der Waals surface area (Å²) in [7, 11) is 0. The van der Waals surface area contributed by atoms with Crippen molar-refractivity contribution in [1.29, 1.82) is 0 Å². The molecule has 1 heterocycles. The zero-order valence-electron chi connectivity index (χ0n) is 12.7. The summed E-state index contributed by atoms with van der Waals surface area (Å²) in [6, 6.07) is 9.63. The van der Waals surface area contributed by atoms with E-state index in [0.717, 1.165) is 24.5 Å². The van der Waals surface area contributed by atoms with Crippen LogP contribution in [0, 0.1) is 6.92 Å². The van der Waals surface area contributed by atoms with Gasteiger partial charge in [-0.2, -0.15) is 0 Å². The highest BCUT2D eigenvalue weighted by Crippen LogP contribution is 2.17. The summed E-state index contributed by atoms with van der Waals surface area (Å²) in [5, 5.41) is 6.68. The predicted molar refractivity (Wildman–Crippen MR) is 83.6 cm³/mol. The van der Waals surface area contributed by atoms with E-state index in [0.29, 0.717) is 11.5 Å². The molecule has 0 bridgehead atoms. The maximum Gasteiger partial charge on any atom is 0.230 e. The molecular weight excluding hydrogens is 266 g/mol. The fourth-order valence-electron chi connectivity index (χ4n) is 2.22. The first-order chi connectivity index (χ1) is 10.1. The van der Waals surface area contributed by atoms with E-state index in [1.807, 2.05) is 24.3 Å². The summed E-state index contributed by atoms with van der Waals surface area (Å²) in [6.07, 6.45) is 0.217. The molecule has 5 nitrogen and oxygen atoms in total. The van der Waals surface area contributed by atoms with Gasteiger partial charge in [0, 0.05) is 30.5 Å². The van der Waals surface area contributed by atoms with Gasteiger partial charge in [-0.25, -0.2) is 0 Å². The smallest absolute Gasteiger partial charge is 0.230 e. The Hall–Kier alpha value is -2.30. The van der Waals surface area contributed by atoms with Gasteiger partial charge in [-0.1, -0.05) is 5.16 Å². The number of hydrogen-bond acceptors (Lipinski definition) is 4. The van der Waals surface area contributed by atoms with Crippen molar-refractivity contribution < 1.29 is 9.32 Å². The summed E-state index contributed by atoms with van der Waals surface area (Å²) in [5.74, 6) is 0.611. The van der Waals surface area contributed by atoms with Gasteiger partial charge in [0.1, 0.15) is 5.76 Å². The normalized spacial score (nSPS) is 10.4. The maximum atomic E-state index is 11.9. The summed E-state index contributed by atoms with van der Waals surface area (Å²) in [4.78, 5) is 14.2. The second kappa shape index (κ2) is 6.92. The summed E-state index contributed by atoms with van der Waals surface area (Å²) in [6.45, 7) is 7.99. The Morgan fingerprint density at radius 1 is 1.24 bits per heavy atom. The SMILES string of the molecule is CCN(CC)c1ccc(NC(=O)Cc2cc(C)on2)cc1. The van der Waals surface area contributed by atoms with E-state index in [4.69, 9.17) is 4.52 Å². The minimum Gasteiger partial charge on any atom is -0.372 e. The number of amides is 1. The predicted octanol–water partition coefficient (Wildman–Crippen LogP) is 3.01. The van der Waals surface area contributed by atoms with Gasteiger partial charge in [-0.05, 0) is 45.0 Å². The van der Waals surface area contributed by atoms with Gasteiger partial charge >= 0.3 is 0 Å². The monoisotopic (exact) mass is 287 g/mol. The molecule has 0 unspecified atom stereocenters. The summed E-state index contributed by atoms with van der Waals surface area (Å²) >= 11 is 0. The van der Waals surface area contributed by atoms with Crippen LogP contribution in [0.4, 0.5) is 11.4 Å². The Morgan fingerprint density at radius 3 is 2.43 bits per heavy atom. The molecule has 0 saturated carbocycles. The standard InChI is InChI=1S/C16H21N3O2/c1-4-19(5-2)15-8-6-13(7-9-15)17-16(20)11-14-10-12(3)21-18-14/h6-10H,4-5,11H2,1-3H3,(H,17,20). The second-order valence-corrected chi connectivity index (χ2v) is 4.87. The van der Waals surface area contributed by atoms with Crippen LogP contribution in [0.15, 0.2) is 34.9 Å². The first-order valence-electron chi connectivity index (χ1n) is 7.19. The van der Waals surface area contributed by atoms with E-state index in [2.05, 4.69) is 29.2 Å². The summed E-state index contributed by atoms with van der Waals surface area (Å²) in [5.41, 5.74) is 2.59.